The zero-order valence-electron chi connectivity index (χ0n) is 26.8. The van der Waals surface area contributed by atoms with Crippen LogP contribution < -0.4 is 0 Å². The Kier molecular flexibility index (Phi) is 6.45. The Labute approximate surface area is 242 Å². The van der Waals surface area contributed by atoms with Gasteiger partial charge in [0.25, 0.3) is 0 Å². The smallest absolute Gasteiger partial charge is 0.0534 e. The van der Waals surface area contributed by atoms with Gasteiger partial charge in [-0.15, -0.1) is 0 Å². The van der Waals surface area contributed by atoms with E-state index in [0.29, 0.717) is 0 Å². The summed E-state index contributed by atoms with van der Waals surface area (Å²) in [6.45, 7) is 28.2. The van der Waals surface area contributed by atoms with Crippen molar-refractivity contribution in [3.05, 3.63) is 95.3 Å². The van der Waals surface area contributed by atoms with Crippen LogP contribution in [0.5, 0.6) is 0 Å². The summed E-state index contributed by atoms with van der Waals surface area (Å²) >= 11 is 0. The zero-order valence-corrected chi connectivity index (χ0v) is 26.8. The van der Waals surface area contributed by atoms with Crippen molar-refractivity contribution in [2.45, 2.75) is 105 Å². The van der Waals surface area contributed by atoms with Crippen molar-refractivity contribution in [1.29, 1.82) is 0 Å². The highest BCUT2D eigenvalue weighted by Gasteiger charge is 2.34. The van der Waals surface area contributed by atoms with Crippen molar-refractivity contribution < 1.29 is 0 Å². The standard InChI is InChI=1S/C38H48N2/c1-35(2,3)31-27-20-13-15-22-29(27)39(33(31)37(7,8)9)25-18-17-19-26(24-25)40-30-23-16-14-21-28(30)32(36(4,5)6)34(40)38(10,11)12/h13-24H,1-12H3. The highest BCUT2D eigenvalue weighted by molar-refractivity contribution is 5.90. The molecule has 5 aromatic rings. The van der Waals surface area contributed by atoms with Crippen LogP contribution in [0.15, 0.2) is 72.8 Å². The summed E-state index contributed by atoms with van der Waals surface area (Å²) in [6, 6.07) is 27.1. The van der Waals surface area contributed by atoms with Gasteiger partial charge in [0.05, 0.1) is 11.0 Å². The molecule has 2 heteroatoms. The van der Waals surface area contributed by atoms with Crippen LogP contribution in [0, 0.1) is 0 Å². The fraction of sp³-hybridized carbons (Fsp3) is 0.421. The minimum absolute atomic E-state index is 0.0166. The van der Waals surface area contributed by atoms with Gasteiger partial charge < -0.3 is 9.13 Å². The third-order valence-corrected chi connectivity index (χ3v) is 8.02. The lowest BCUT2D eigenvalue weighted by Gasteiger charge is -2.30. The minimum atomic E-state index is -0.0340. The summed E-state index contributed by atoms with van der Waals surface area (Å²) in [7, 11) is 0. The Morgan fingerprint density at radius 1 is 0.400 bits per heavy atom. The maximum atomic E-state index is 2.53. The highest BCUT2D eigenvalue weighted by atomic mass is 15.0. The Morgan fingerprint density at radius 2 is 0.750 bits per heavy atom. The second kappa shape index (κ2) is 9.13. The molecule has 2 aromatic heterocycles. The van der Waals surface area contributed by atoms with E-state index in [2.05, 4.69) is 165 Å². The maximum absolute atomic E-state index is 2.53. The second-order valence-electron chi connectivity index (χ2n) is 15.7. The van der Waals surface area contributed by atoms with Crippen LogP contribution in [0.25, 0.3) is 33.2 Å². The van der Waals surface area contributed by atoms with Gasteiger partial charge in [0.1, 0.15) is 0 Å². The Hall–Kier alpha value is -3.26. The van der Waals surface area contributed by atoms with E-state index in [-0.39, 0.29) is 21.7 Å². The van der Waals surface area contributed by atoms with Crippen LogP contribution >= 0.6 is 0 Å². The molecule has 0 spiro atoms. The highest BCUT2D eigenvalue weighted by Crippen LogP contribution is 2.45. The molecule has 0 bridgehead atoms. The zero-order chi connectivity index (χ0) is 29.4. The number of para-hydroxylation sites is 2. The first-order valence-electron chi connectivity index (χ1n) is 14.8. The van der Waals surface area contributed by atoms with Crippen LogP contribution in [0.2, 0.25) is 0 Å². The molecule has 0 aliphatic heterocycles. The summed E-state index contributed by atoms with van der Waals surface area (Å²) in [6.07, 6.45) is 0. The molecule has 210 valence electrons. The molecule has 0 amide bonds. The molecule has 0 unspecified atom stereocenters. The van der Waals surface area contributed by atoms with Gasteiger partial charge in [0.2, 0.25) is 0 Å². The van der Waals surface area contributed by atoms with Crippen molar-refractivity contribution in [2.24, 2.45) is 0 Å². The quantitative estimate of drug-likeness (QED) is 0.214. The van der Waals surface area contributed by atoms with Crippen molar-refractivity contribution in [3.63, 3.8) is 0 Å². The molecule has 0 aliphatic carbocycles. The van der Waals surface area contributed by atoms with E-state index in [0.717, 1.165) is 0 Å². The lowest BCUT2D eigenvalue weighted by Crippen LogP contribution is -2.24. The third-order valence-electron chi connectivity index (χ3n) is 8.02. The summed E-state index contributed by atoms with van der Waals surface area (Å²) in [5, 5.41) is 2.70. The van der Waals surface area contributed by atoms with Crippen molar-refractivity contribution in [2.75, 3.05) is 0 Å². The van der Waals surface area contributed by atoms with Crippen LogP contribution in [0.3, 0.4) is 0 Å². The number of benzene rings is 3. The molecular formula is C38H48N2. The molecule has 40 heavy (non-hydrogen) atoms. The summed E-state index contributed by atoms with van der Waals surface area (Å²) in [5.74, 6) is 0. The second-order valence-corrected chi connectivity index (χ2v) is 15.7. The van der Waals surface area contributed by atoms with Crippen molar-refractivity contribution in [3.8, 4) is 11.4 Å². The van der Waals surface area contributed by atoms with E-state index < -0.39 is 0 Å². The topological polar surface area (TPSA) is 9.86 Å². The van der Waals surface area contributed by atoms with Gasteiger partial charge in [-0.3, -0.25) is 0 Å². The molecular weight excluding hydrogens is 484 g/mol. The van der Waals surface area contributed by atoms with Gasteiger partial charge in [0, 0.05) is 44.4 Å². The number of nitrogens with zero attached hydrogens (tertiary/aromatic N) is 2. The number of fused-ring (bicyclic) bond motifs is 2. The summed E-state index contributed by atoms with van der Waals surface area (Å²) < 4.78 is 5.07. The molecule has 2 nitrogen and oxygen atoms in total. The molecule has 0 radical (unpaired) electrons. The average molecular weight is 533 g/mol. The lowest BCUT2D eigenvalue weighted by molar-refractivity contribution is 0.513. The predicted octanol–water partition coefficient (Wildman–Crippen LogP) is 10.8. The van der Waals surface area contributed by atoms with E-state index in [1.165, 1.54) is 55.7 Å². The van der Waals surface area contributed by atoms with E-state index in [1.807, 2.05) is 0 Å². The van der Waals surface area contributed by atoms with Crippen molar-refractivity contribution >= 4 is 21.8 Å². The first-order valence-corrected chi connectivity index (χ1v) is 14.8. The van der Waals surface area contributed by atoms with Gasteiger partial charge in [-0.1, -0.05) is 126 Å². The Morgan fingerprint density at radius 3 is 1.07 bits per heavy atom. The molecule has 0 fully saturated rings. The molecule has 5 rings (SSSR count). The fourth-order valence-corrected chi connectivity index (χ4v) is 6.73. The van der Waals surface area contributed by atoms with Crippen LogP contribution in [-0.4, -0.2) is 9.13 Å². The number of aromatic nitrogens is 2. The average Bonchev–Trinajstić information content (AvgIpc) is 3.38. The molecule has 0 saturated heterocycles. The van der Waals surface area contributed by atoms with Gasteiger partial charge in [0.15, 0.2) is 0 Å². The largest absolute Gasteiger partial charge is 0.313 e. The number of hydrogen-bond acceptors (Lipinski definition) is 0. The molecule has 0 aliphatic rings. The maximum Gasteiger partial charge on any atom is 0.0534 e. The number of rotatable bonds is 2. The Balaban J connectivity index is 1.90. The Bertz CT molecular complexity index is 1590. The molecule has 0 atom stereocenters. The monoisotopic (exact) mass is 532 g/mol. The van der Waals surface area contributed by atoms with Crippen LogP contribution in [0.1, 0.15) is 106 Å². The van der Waals surface area contributed by atoms with Gasteiger partial charge in [-0.2, -0.15) is 0 Å². The van der Waals surface area contributed by atoms with E-state index >= 15 is 0 Å². The molecule has 2 heterocycles. The molecule has 0 saturated carbocycles. The first kappa shape index (κ1) is 28.3. The molecule has 3 aromatic carbocycles. The van der Waals surface area contributed by atoms with E-state index in [4.69, 9.17) is 0 Å². The molecule has 0 N–H and O–H groups in total. The van der Waals surface area contributed by atoms with Crippen LogP contribution in [0.4, 0.5) is 0 Å². The van der Waals surface area contributed by atoms with E-state index in [1.54, 1.807) is 0 Å². The van der Waals surface area contributed by atoms with Crippen molar-refractivity contribution in [1.82, 2.24) is 9.13 Å². The lowest BCUT2D eigenvalue weighted by atomic mass is 9.78. The fourth-order valence-electron chi connectivity index (χ4n) is 6.73. The van der Waals surface area contributed by atoms with Gasteiger partial charge >= 0.3 is 0 Å². The van der Waals surface area contributed by atoms with Gasteiger partial charge in [-0.25, -0.2) is 0 Å². The first-order chi connectivity index (χ1) is 18.4. The normalized spacial score (nSPS) is 13.5. The summed E-state index contributed by atoms with van der Waals surface area (Å²) in [5.41, 5.74) is 10.6. The van der Waals surface area contributed by atoms with E-state index in [9.17, 15) is 0 Å². The SMILES string of the molecule is CC(C)(C)c1c(C(C)(C)C)n(-c2cccc(-n3c(C(C)(C)C)c(C(C)(C)C)c4ccccc43)c2)c2ccccc12. The summed E-state index contributed by atoms with van der Waals surface area (Å²) in [4.78, 5) is 0. The minimum Gasteiger partial charge on any atom is -0.313 e. The third kappa shape index (κ3) is 4.60. The van der Waals surface area contributed by atoms with Crippen LogP contribution in [-0.2, 0) is 21.7 Å². The predicted molar refractivity (Wildman–Crippen MR) is 175 cm³/mol. The number of hydrogen-bond donors (Lipinski definition) is 0. The van der Waals surface area contributed by atoms with Gasteiger partial charge in [-0.05, 0) is 52.3 Å².